The number of hydrogen-bond donors (Lipinski definition) is 0. The predicted molar refractivity (Wildman–Crippen MR) is 44.9 cm³/mol. The molecular formula is C8H12Si. The molecule has 0 saturated heterocycles. The lowest BCUT2D eigenvalue weighted by atomic mass is 10.3. The van der Waals surface area contributed by atoms with Gasteiger partial charge in [-0.3, -0.25) is 0 Å². The molecule has 0 nitrogen and oxygen atoms in total. The molecule has 0 aromatic carbocycles. The molecule has 0 spiro atoms. The van der Waals surface area contributed by atoms with Crippen LogP contribution in [0.15, 0.2) is 34.8 Å². The average molecular weight is 136 g/mol. The topological polar surface area (TPSA) is 0 Å². The molecule has 0 fully saturated rings. The standard InChI is InChI=1S/C8H12Si/c1-4-9-6-5-7(2)8(9)3/h4-6,9H,1H2,2-3H3. The highest BCUT2D eigenvalue weighted by atomic mass is 28.3. The summed E-state index contributed by atoms with van der Waals surface area (Å²) in [4.78, 5) is 0. The molecule has 0 aliphatic carbocycles. The number of allylic oxidation sites excluding steroid dienone is 3. The fraction of sp³-hybridized carbons (Fsp3) is 0.250. The Morgan fingerprint density at radius 2 is 2.22 bits per heavy atom. The van der Waals surface area contributed by atoms with Crippen molar-refractivity contribution in [3.8, 4) is 0 Å². The summed E-state index contributed by atoms with van der Waals surface area (Å²) < 4.78 is 0. The molecule has 0 radical (unpaired) electrons. The maximum absolute atomic E-state index is 3.80. The Bertz CT molecular complexity index is 187. The van der Waals surface area contributed by atoms with Gasteiger partial charge in [0.05, 0.1) is 0 Å². The minimum absolute atomic E-state index is 0.749. The van der Waals surface area contributed by atoms with Gasteiger partial charge in [0.15, 0.2) is 0 Å². The molecule has 1 rings (SSSR count). The quantitative estimate of drug-likeness (QED) is 0.483. The highest BCUT2D eigenvalue weighted by Crippen LogP contribution is 2.16. The molecule has 9 heavy (non-hydrogen) atoms. The van der Waals surface area contributed by atoms with Crippen molar-refractivity contribution in [2.45, 2.75) is 13.8 Å². The third-order valence-corrected chi connectivity index (χ3v) is 4.50. The first-order valence-corrected chi connectivity index (χ1v) is 5.15. The van der Waals surface area contributed by atoms with Gasteiger partial charge in [0, 0.05) is 0 Å². The number of rotatable bonds is 1. The minimum atomic E-state index is -0.749. The van der Waals surface area contributed by atoms with Gasteiger partial charge in [-0.25, -0.2) is 0 Å². The molecule has 1 atom stereocenters. The molecule has 1 unspecified atom stereocenters. The van der Waals surface area contributed by atoms with E-state index in [1.54, 1.807) is 5.20 Å². The van der Waals surface area contributed by atoms with Gasteiger partial charge in [-0.15, -0.1) is 6.58 Å². The average Bonchev–Trinajstić information content (AvgIpc) is 2.15. The molecule has 0 N–H and O–H groups in total. The van der Waals surface area contributed by atoms with Crippen LogP contribution in [-0.4, -0.2) is 8.80 Å². The highest BCUT2D eigenvalue weighted by molar-refractivity contribution is 6.77. The lowest BCUT2D eigenvalue weighted by Gasteiger charge is -1.99. The van der Waals surface area contributed by atoms with Gasteiger partial charge in [0.25, 0.3) is 0 Å². The van der Waals surface area contributed by atoms with Crippen LogP contribution in [-0.2, 0) is 0 Å². The first-order chi connectivity index (χ1) is 4.25. The third kappa shape index (κ3) is 1.05. The minimum Gasteiger partial charge on any atom is -0.107 e. The van der Waals surface area contributed by atoms with Crippen molar-refractivity contribution >= 4 is 8.80 Å². The Kier molecular flexibility index (Phi) is 1.72. The van der Waals surface area contributed by atoms with Gasteiger partial charge in [-0.05, 0) is 13.8 Å². The van der Waals surface area contributed by atoms with Crippen LogP contribution < -0.4 is 0 Å². The van der Waals surface area contributed by atoms with Crippen molar-refractivity contribution in [3.05, 3.63) is 34.8 Å². The van der Waals surface area contributed by atoms with E-state index in [2.05, 4.69) is 37.9 Å². The molecule has 1 heterocycles. The van der Waals surface area contributed by atoms with Crippen molar-refractivity contribution < 1.29 is 0 Å². The summed E-state index contributed by atoms with van der Waals surface area (Å²) in [6.07, 6.45) is 2.22. The van der Waals surface area contributed by atoms with Gasteiger partial charge in [0.1, 0.15) is 8.80 Å². The van der Waals surface area contributed by atoms with E-state index in [0.29, 0.717) is 0 Å². The van der Waals surface area contributed by atoms with Gasteiger partial charge < -0.3 is 0 Å². The summed E-state index contributed by atoms with van der Waals surface area (Å²) in [6, 6.07) is 0. The largest absolute Gasteiger partial charge is 0.112 e. The monoisotopic (exact) mass is 136 g/mol. The zero-order valence-corrected chi connectivity index (χ0v) is 7.17. The molecule has 0 saturated carbocycles. The van der Waals surface area contributed by atoms with E-state index >= 15 is 0 Å². The van der Waals surface area contributed by atoms with E-state index in [0.717, 1.165) is 0 Å². The maximum atomic E-state index is 3.80. The van der Waals surface area contributed by atoms with Gasteiger partial charge in [-0.1, -0.05) is 28.2 Å². The van der Waals surface area contributed by atoms with Crippen LogP contribution in [0.3, 0.4) is 0 Å². The lowest BCUT2D eigenvalue weighted by Crippen LogP contribution is -2.04. The van der Waals surface area contributed by atoms with E-state index in [1.807, 2.05) is 0 Å². The fourth-order valence-electron chi connectivity index (χ4n) is 1.04. The summed E-state index contributed by atoms with van der Waals surface area (Å²) in [5.74, 6) is 0. The Balaban J connectivity index is 2.86. The van der Waals surface area contributed by atoms with E-state index in [-0.39, 0.29) is 0 Å². The van der Waals surface area contributed by atoms with E-state index in [1.165, 1.54) is 5.57 Å². The van der Waals surface area contributed by atoms with Gasteiger partial charge >= 0.3 is 0 Å². The Morgan fingerprint density at radius 3 is 2.44 bits per heavy atom. The van der Waals surface area contributed by atoms with Crippen LogP contribution in [0.5, 0.6) is 0 Å². The molecular weight excluding hydrogens is 124 g/mol. The second-order valence-corrected chi connectivity index (χ2v) is 5.26. The summed E-state index contributed by atoms with van der Waals surface area (Å²) >= 11 is 0. The highest BCUT2D eigenvalue weighted by Gasteiger charge is 2.10. The van der Waals surface area contributed by atoms with Crippen LogP contribution in [0.25, 0.3) is 0 Å². The van der Waals surface area contributed by atoms with Crippen LogP contribution >= 0.6 is 0 Å². The van der Waals surface area contributed by atoms with Crippen molar-refractivity contribution in [3.63, 3.8) is 0 Å². The van der Waals surface area contributed by atoms with Crippen molar-refractivity contribution in [1.82, 2.24) is 0 Å². The Morgan fingerprint density at radius 1 is 1.56 bits per heavy atom. The van der Waals surface area contributed by atoms with Crippen molar-refractivity contribution in [2.24, 2.45) is 0 Å². The van der Waals surface area contributed by atoms with Gasteiger partial charge in [0.2, 0.25) is 0 Å². The van der Waals surface area contributed by atoms with Gasteiger partial charge in [-0.2, -0.15) is 0 Å². The van der Waals surface area contributed by atoms with E-state index in [4.69, 9.17) is 0 Å². The summed E-state index contributed by atoms with van der Waals surface area (Å²) in [6.45, 7) is 8.19. The molecule has 0 aromatic heterocycles. The Labute approximate surface area is 58.2 Å². The maximum Gasteiger partial charge on any atom is 0.112 e. The predicted octanol–water partition coefficient (Wildman–Crippen LogP) is 1.92. The summed E-state index contributed by atoms with van der Waals surface area (Å²) in [7, 11) is -0.749. The lowest BCUT2D eigenvalue weighted by molar-refractivity contribution is 1.46. The molecule has 0 aromatic rings. The van der Waals surface area contributed by atoms with E-state index < -0.39 is 8.80 Å². The first kappa shape index (κ1) is 6.56. The number of hydrogen-bond acceptors (Lipinski definition) is 0. The summed E-state index contributed by atoms with van der Waals surface area (Å²) in [5, 5.41) is 1.57. The molecule has 0 amide bonds. The normalized spacial score (nSPS) is 25.3. The molecule has 1 aliphatic heterocycles. The van der Waals surface area contributed by atoms with E-state index in [9.17, 15) is 0 Å². The third-order valence-electron chi connectivity index (χ3n) is 1.93. The van der Waals surface area contributed by atoms with Crippen LogP contribution in [0.4, 0.5) is 0 Å². The van der Waals surface area contributed by atoms with Crippen LogP contribution in [0, 0.1) is 0 Å². The van der Waals surface area contributed by atoms with Crippen LogP contribution in [0.1, 0.15) is 13.8 Å². The van der Waals surface area contributed by atoms with Crippen molar-refractivity contribution in [2.75, 3.05) is 0 Å². The molecule has 1 heteroatoms. The molecule has 0 bridgehead atoms. The molecule has 48 valence electrons. The second-order valence-electron chi connectivity index (χ2n) is 2.49. The first-order valence-electron chi connectivity index (χ1n) is 3.24. The Hall–Kier alpha value is -0.563. The zero-order chi connectivity index (χ0) is 6.85. The molecule has 1 aliphatic rings. The smallest absolute Gasteiger partial charge is 0.107 e. The second kappa shape index (κ2) is 2.36. The summed E-state index contributed by atoms with van der Waals surface area (Å²) in [5.41, 5.74) is 5.88. The van der Waals surface area contributed by atoms with Crippen molar-refractivity contribution in [1.29, 1.82) is 0 Å². The zero-order valence-electron chi connectivity index (χ0n) is 6.02. The van der Waals surface area contributed by atoms with Crippen LogP contribution in [0.2, 0.25) is 0 Å². The fourth-order valence-corrected chi connectivity index (χ4v) is 2.96. The SMILES string of the molecule is C=C[SiH]1C=CC(C)=C1C.